The van der Waals surface area contributed by atoms with Gasteiger partial charge in [0.2, 0.25) is 0 Å². The third kappa shape index (κ3) is 4.24. The highest BCUT2D eigenvalue weighted by molar-refractivity contribution is 5.88. The Balaban J connectivity index is 1.63. The predicted octanol–water partition coefficient (Wildman–Crippen LogP) is 5.09. The fourth-order valence-electron chi connectivity index (χ4n) is 6.01. The van der Waals surface area contributed by atoms with Crippen LogP contribution in [0.2, 0.25) is 0 Å². The van der Waals surface area contributed by atoms with Crippen LogP contribution < -0.4 is 5.32 Å². The Morgan fingerprint density at radius 3 is 2.21 bits per heavy atom. The molecule has 2 aliphatic heterocycles. The van der Waals surface area contributed by atoms with E-state index in [1.807, 2.05) is 18.2 Å². The molecule has 2 heterocycles. The van der Waals surface area contributed by atoms with Crippen molar-refractivity contribution in [2.75, 3.05) is 33.3 Å². The lowest BCUT2D eigenvalue weighted by molar-refractivity contribution is -0.271. The number of nitrogens with zero attached hydrogens (tertiary/aromatic N) is 1. The quantitative estimate of drug-likeness (QED) is 0.671. The lowest BCUT2D eigenvalue weighted by atomic mass is 9.62. The standard InChI is InChI=1S/C27H33F3N2O2/c1-19-15-20(2)17-22(16-19)26(34-3,27(28,29)30)24(33)32-13-10-25(11-14-32)9-12-31-18-23(25)21-7-5-4-6-8-21/h4-8,15-17,23,31H,9-14,18H2,1-3H3/t23-,26?/m0/s1. The average molecular weight is 475 g/mol. The summed E-state index contributed by atoms with van der Waals surface area (Å²) < 4.78 is 48.9. The van der Waals surface area contributed by atoms with Crippen LogP contribution in [0.5, 0.6) is 0 Å². The molecule has 2 atom stereocenters. The molecular weight excluding hydrogens is 441 g/mol. The zero-order valence-corrected chi connectivity index (χ0v) is 20.0. The first kappa shape index (κ1) is 24.7. The van der Waals surface area contributed by atoms with E-state index in [-0.39, 0.29) is 30.0 Å². The molecule has 0 aliphatic carbocycles. The molecular formula is C27H33F3N2O2. The molecule has 0 aromatic heterocycles. The minimum Gasteiger partial charge on any atom is -0.356 e. The van der Waals surface area contributed by atoms with Gasteiger partial charge < -0.3 is 15.0 Å². The van der Waals surface area contributed by atoms with Gasteiger partial charge >= 0.3 is 6.18 Å². The Morgan fingerprint density at radius 1 is 1.03 bits per heavy atom. The van der Waals surface area contributed by atoms with Crippen LogP contribution in [0, 0.1) is 19.3 Å². The molecule has 2 saturated heterocycles. The molecule has 4 rings (SSSR count). The zero-order valence-electron chi connectivity index (χ0n) is 20.0. The number of likely N-dealkylation sites (tertiary alicyclic amines) is 1. The second-order valence-corrected chi connectivity index (χ2v) is 9.83. The number of hydrogen-bond donors (Lipinski definition) is 1. The minimum absolute atomic E-state index is 0.0305. The van der Waals surface area contributed by atoms with Crippen molar-refractivity contribution in [3.8, 4) is 0 Å². The first-order valence-electron chi connectivity index (χ1n) is 11.9. The highest BCUT2D eigenvalue weighted by Crippen LogP contribution is 2.50. The number of carbonyl (C=O) groups is 1. The molecule has 1 unspecified atom stereocenters. The minimum atomic E-state index is -4.89. The summed E-state index contributed by atoms with van der Waals surface area (Å²) in [5.74, 6) is -0.749. The number of benzene rings is 2. The second kappa shape index (κ2) is 9.34. The average Bonchev–Trinajstić information content (AvgIpc) is 2.80. The molecule has 2 aromatic carbocycles. The Bertz CT molecular complexity index is 996. The number of halogens is 3. The van der Waals surface area contributed by atoms with E-state index in [9.17, 15) is 18.0 Å². The van der Waals surface area contributed by atoms with Gasteiger partial charge in [0.1, 0.15) is 0 Å². The van der Waals surface area contributed by atoms with Gasteiger partial charge in [0, 0.05) is 38.2 Å². The number of nitrogens with one attached hydrogen (secondary N) is 1. The van der Waals surface area contributed by atoms with E-state index in [0.29, 0.717) is 24.0 Å². The molecule has 184 valence electrons. The molecule has 34 heavy (non-hydrogen) atoms. The third-order valence-electron chi connectivity index (χ3n) is 7.77. The number of piperidine rings is 2. The summed E-state index contributed by atoms with van der Waals surface area (Å²) in [5, 5.41) is 3.47. The third-order valence-corrected chi connectivity index (χ3v) is 7.77. The first-order valence-corrected chi connectivity index (χ1v) is 11.9. The van der Waals surface area contributed by atoms with Crippen molar-refractivity contribution in [1.82, 2.24) is 10.2 Å². The molecule has 1 spiro atoms. The SMILES string of the molecule is COC(C(=O)N1CCC2(CCNC[C@H]2c2ccccc2)CC1)(c1cc(C)cc(C)c1)C(F)(F)F. The van der Waals surface area contributed by atoms with Gasteiger partial charge in [-0.2, -0.15) is 13.2 Å². The van der Waals surface area contributed by atoms with Crippen LogP contribution in [0.4, 0.5) is 13.2 Å². The van der Waals surface area contributed by atoms with E-state index in [2.05, 4.69) is 17.4 Å². The summed E-state index contributed by atoms with van der Waals surface area (Å²) in [6.07, 6.45) is -2.61. The van der Waals surface area contributed by atoms with Crippen LogP contribution >= 0.6 is 0 Å². The maximum absolute atomic E-state index is 14.6. The Morgan fingerprint density at radius 2 is 1.65 bits per heavy atom. The van der Waals surface area contributed by atoms with Crippen LogP contribution in [0.15, 0.2) is 48.5 Å². The fourth-order valence-corrected chi connectivity index (χ4v) is 6.01. The smallest absolute Gasteiger partial charge is 0.356 e. The number of aryl methyl sites for hydroxylation is 2. The zero-order chi connectivity index (χ0) is 24.6. The van der Waals surface area contributed by atoms with E-state index >= 15 is 0 Å². The van der Waals surface area contributed by atoms with Crippen molar-refractivity contribution >= 4 is 5.91 Å². The molecule has 0 bridgehead atoms. The lowest BCUT2D eigenvalue weighted by Crippen LogP contribution is -2.59. The van der Waals surface area contributed by atoms with Gasteiger partial charge in [0.05, 0.1) is 0 Å². The summed E-state index contributed by atoms with van der Waals surface area (Å²) in [4.78, 5) is 15.0. The van der Waals surface area contributed by atoms with E-state index in [1.54, 1.807) is 19.9 Å². The van der Waals surface area contributed by atoms with Crippen molar-refractivity contribution in [2.45, 2.75) is 50.8 Å². The van der Waals surface area contributed by atoms with Gasteiger partial charge in [-0.3, -0.25) is 4.79 Å². The molecule has 0 saturated carbocycles. The monoisotopic (exact) mass is 474 g/mol. The number of methoxy groups -OCH3 is 1. The van der Waals surface area contributed by atoms with Crippen molar-refractivity contribution in [1.29, 1.82) is 0 Å². The van der Waals surface area contributed by atoms with Gasteiger partial charge in [-0.1, -0.05) is 59.7 Å². The largest absolute Gasteiger partial charge is 0.430 e. The molecule has 4 nitrogen and oxygen atoms in total. The lowest BCUT2D eigenvalue weighted by Gasteiger charge is -2.50. The molecule has 2 aliphatic rings. The number of ether oxygens (including phenoxy) is 1. The summed E-state index contributed by atoms with van der Waals surface area (Å²) in [6, 6.07) is 14.9. The van der Waals surface area contributed by atoms with Crippen LogP contribution in [-0.4, -0.2) is 50.3 Å². The fraction of sp³-hybridized carbons (Fsp3) is 0.519. The van der Waals surface area contributed by atoms with E-state index in [1.165, 1.54) is 22.6 Å². The van der Waals surface area contributed by atoms with Crippen LogP contribution in [0.1, 0.15) is 47.4 Å². The molecule has 0 radical (unpaired) electrons. The molecule has 2 fully saturated rings. The Labute approximate surface area is 199 Å². The maximum Gasteiger partial charge on any atom is 0.430 e. The summed E-state index contributed by atoms with van der Waals surface area (Å²) in [6.45, 7) is 5.74. The number of hydrogen-bond acceptors (Lipinski definition) is 3. The van der Waals surface area contributed by atoms with Gasteiger partial charge in [-0.05, 0) is 50.6 Å². The predicted molar refractivity (Wildman–Crippen MR) is 126 cm³/mol. The second-order valence-electron chi connectivity index (χ2n) is 9.83. The van der Waals surface area contributed by atoms with Gasteiger partial charge in [0.25, 0.3) is 11.5 Å². The molecule has 1 amide bonds. The first-order chi connectivity index (χ1) is 16.1. The number of amides is 1. The maximum atomic E-state index is 14.6. The summed E-state index contributed by atoms with van der Waals surface area (Å²) in [7, 11) is 0.979. The number of alkyl halides is 3. The number of carbonyl (C=O) groups excluding carboxylic acids is 1. The highest BCUT2D eigenvalue weighted by Gasteiger charge is 2.64. The van der Waals surface area contributed by atoms with E-state index in [0.717, 1.165) is 26.6 Å². The van der Waals surface area contributed by atoms with Gasteiger partial charge in [-0.25, -0.2) is 0 Å². The molecule has 7 heteroatoms. The Hall–Kier alpha value is -2.38. The summed E-state index contributed by atoms with van der Waals surface area (Å²) in [5.41, 5.74) is -0.642. The van der Waals surface area contributed by atoms with Gasteiger partial charge in [0.15, 0.2) is 0 Å². The molecule has 2 aromatic rings. The number of rotatable bonds is 4. The summed E-state index contributed by atoms with van der Waals surface area (Å²) >= 11 is 0. The Kier molecular flexibility index (Phi) is 6.80. The van der Waals surface area contributed by atoms with Crippen molar-refractivity contribution in [2.24, 2.45) is 5.41 Å². The van der Waals surface area contributed by atoms with Gasteiger partial charge in [-0.15, -0.1) is 0 Å². The molecule has 1 N–H and O–H groups in total. The topological polar surface area (TPSA) is 41.6 Å². The van der Waals surface area contributed by atoms with E-state index < -0.39 is 17.7 Å². The van der Waals surface area contributed by atoms with E-state index in [4.69, 9.17) is 4.74 Å². The van der Waals surface area contributed by atoms with Crippen LogP contribution in [-0.2, 0) is 15.1 Å². The van der Waals surface area contributed by atoms with Crippen molar-refractivity contribution in [3.05, 3.63) is 70.8 Å². The van der Waals surface area contributed by atoms with Crippen LogP contribution in [0.25, 0.3) is 0 Å². The normalized spacial score (nSPS) is 22.4. The van der Waals surface area contributed by atoms with Crippen molar-refractivity contribution < 1.29 is 22.7 Å². The van der Waals surface area contributed by atoms with Crippen molar-refractivity contribution in [3.63, 3.8) is 0 Å². The van der Waals surface area contributed by atoms with Crippen LogP contribution in [0.3, 0.4) is 0 Å². The highest BCUT2D eigenvalue weighted by atomic mass is 19.4.